The highest BCUT2D eigenvalue weighted by Crippen LogP contribution is 2.12. The third kappa shape index (κ3) is 2.42. The minimum atomic E-state index is 0.185. The zero-order valence-electron chi connectivity index (χ0n) is 10.7. The predicted molar refractivity (Wildman–Crippen MR) is 75.9 cm³/mol. The van der Waals surface area contributed by atoms with Gasteiger partial charge in [-0.05, 0) is 31.2 Å². The van der Waals surface area contributed by atoms with Crippen LogP contribution in [0.4, 0.5) is 0 Å². The lowest BCUT2D eigenvalue weighted by molar-refractivity contribution is 0.748. The third-order valence-electron chi connectivity index (χ3n) is 2.90. The molecule has 3 heterocycles. The Morgan fingerprint density at radius 3 is 2.11 bits per heavy atom. The number of nitrogens with zero attached hydrogens (tertiary/aromatic N) is 4. The summed E-state index contributed by atoms with van der Waals surface area (Å²) in [6.07, 6.45) is 3.54. The molecule has 1 atom stereocenters. The van der Waals surface area contributed by atoms with Crippen molar-refractivity contribution in [3.05, 3.63) is 60.2 Å². The topological polar surface area (TPSA) is 50.5 Å². The maximum Gasteiger partial charge on any atom is 0.111 e. The van der Waals surface area contributed by atoms with E-state index in [1.54, 1.807) is 12.4 Å². The van der Waals surface area contributed by atoms with E-state index in [0.29, 0.717) is 6.54 Å². The van der Waals surface area contributed by atoms with Gasteiger partial charge in [0, 0.05) is 12.4 Å². The summed E-state index contributed by atoms with van der Waals surface area (Å²) in [5.74, 6) is 0. The summed E-state index contributed by atoms with van der Waals surface area (Å²) in [5, 5.41) is 0. The van der Waals surface area contributed by atoms with Crippen LogP contribution in [-0.4, -0.2) is 34.0 Å². The molecule has 0 radical (unpaired) electrons. The van der Waals surface area contributed by atoms with Gasteiger partial charge < -0.3 is 0 Å². The molecule has 2 aromatic heterocycles. The molecule has 2 aromatic rings. The van der Waals surface area contributed by atoms with E-state index in [9.17, 15) is 0 Å². The van der Waals surface area contributed by atoms with Crippen molar-refractivity contribution in [1.29, 1.82) is 0 Å². The summed E-state index contributed by atoms with van der Waals surface area (Å²) in [4.78, 5) is 18.1. The summed E-state index contributed by atoms with van der Waals surface area (Å²) >= 11 is 0. The van der Waals surface area contributed by atoms with Crippen LogP contribution in [0.3, 0.4) is 0 Å². The molecule has 0 aromatic carbocycles. The molecule has 0 amide bonds. The summed E-state index contributed by atoms with van der Waals surface area (Å²) in [5.41, 5.74) is 3.35. The molecule has 94 valence electrons. The first kappa shape index (κ1) is 11.7. The van der Waals surface area contributed by atoms with Crippen LogP contribution in [0.5, 0.6) is 0 Å². The van der Waals surface area contributed by atoms with Crippen LogP contribution in [0.1, 0.15) is 18.3 Å². The second-order valence-electron chi connectivity index (χ2n) is 4.45. The fraction of sp³-hybridized carbons (Fsp3) is 0.200. The normalized spacial score (nSPS) is 18.7. The van der Waals surface area contributed by atoms with Gasteiger partial charge in [-0.25, -0.2) is 0 Å². The lowest BCUT2D eigenvalue weighted by Gasteiger charge is -2.17. The van der Waals surface area contributed by atoms with Gasteiger partial charge in [0.05, 0.1) is 24.0 Å². The molecular weight excluding hydrogens is 236 g/mol. The minimum absolute atomic E-state index is 0.185. The Kier molecular flexibility index (Phi) is 3.14. The van der Waals surface area contributed by atoms with Crippen LogP contribution >= 0.6 is 0 Å². The molecule has 0 N–H and O–H groups in total. The monoisotopic (exact) mass is 250 g/mol. The number of aliphatic imine (C=N–C) groups is 2. The summed E-state index contributed by atoms with van der Waals surface area (Å²) < 4.78 is 0. The van der Waals surface area contributed by atoms with Gasteiger partial charge in [0.1, 0.15) is 11.4 Å². The maximum atomic E-state index is 4.69. The maximum absolute atomic E-state index is 4.69. The molecule has 0 saturated carbocycles. The van der Waals surface area contributed by atoms with E-state index >= 15 is 0 Å². The van der Waals surface area contributed by atoms with Crippen molar-refractivity contribution in [2.45, 2.75) is 13.0 Å². The smallest absolute Gasteiger partial charge is 0.111 e. The zero-order valence-corrected chi connectivity index (χ0v) is 10.7. The molecule has 19 heavy (non-hydrogen) atoms. The van der Waals surface area contributed by atoms with Crippen molar-refractivity contribution in [1.82, 2.24) is 9.97 Å². The highest BCUT2D eigenvalue weighted by molar-refractivity contribution is 6.53. The lowest BCUT2D eigenvalue weighted by atomic mass is 10.1. The molecule has 4 heteroatoms. The molecule has 0 unspecified atom stereocenters. The van der Waals surface area contributed by atoms with Crippen molar-refractivity contribution in [2.75, 3.05) is 6.54 Å². The lowest BCUT2D eigenvalue weighted by Crippen LogP contribution is -2.27. The quantitative estimate of drug-likeness (QED) is 0.820. The van der Waals surface area contributed by atoms with Crippen molar-refractivity contribution in [2.24, 2.45) is 9.98 Å². The van der Waals surface area contributed by atoms with Gasteiger partial charge in [0.2, 0.25) is 0 Å². The zero-order chi connectivity index (χ0) is 13.1. The highest BCUT2D eigenvalue weighted by atomic mass is 15.0. The largest absolute Gasteiger partial charge is 0.279 e. The summed E-state index contributed by atoms with van der Waals surface area (Å²) in [7, 11) is 0. The van der Waals surface area contributed by atoms with Crippen LogP contribution in [0.2, 0.25) is 0 Å². The van der Waals surface area contributed by atoms with Crippen LogP contribution in [0.15, 0.2) is 58.8 Å². The molecule has 1 aliphatic heterocycles. The average Bonchev–Trinajstić information content (AvgIpc) is 2.49. The first-order chi connectivity index (χ1) is 9.34. The summed E-state index contributed by atoms with van der Waals surface area (Å²) in [6.45, 7) is 2.75. The SMILES string of the molecule is C[C@@H]1CN=C(c2ccccn2)C(c2ccccn2)=N1. The van der Waals surface area contributed by atoms with Crippen molar-refractivity contribution in [3.8, 4) is 0 Å². The molecule has 0 saturated heterocycles. The van der Waals surface area contributed by atoms with Crippen molar-refractivity contribution >= 4 is 11.4 Å². The second kappa shape index (κ2) is 5.10. The first-order valence-electron chi connectivity index (χ1n) is 6.30. The molecule has 0 aliphatic carbocycles. The average molecular weight is 250 g/mol. The van der Waals surface area contributed by atoms with Gasteiger partial charge in [-0.15, -0.1) is 0 Å². The Labute approximate surface area is 112 Å². The van der Waals surface area contributed by atoms with Crippen molar-refractivity contribution < 1.29 is 0 Å². The van der Waals surface area contributed by atoms with Gasteiger partial charge >= 0.3 is 0 Å². The van der Waals surface area contributed by atoms with E-state index in [1.165, 1.54) is 0 Å². The van der Waals surface area contributed by atoms with E-state index < -0.39 is 0 Å². The molecule has 1 aliphatic rings. The fourth-order valence-corrected chi connectivity index (χ4v) is 2.02. The van der Waals surface area contributed by atoms with Crippen LogP contribution in [0.25, 0.3) is 0 Å². The van der Waals surface area contributed by atoms with E-state index in [1.807, 2.05) is 36.4 Å². The number of aromatic nitrogens is 2. The fourth-order valence-electron chi connectivity index (χ4n) is 2.02. The molecular formula is C15H14N4. The Bertz CT molecular complexity index is 617. The Morgan fingerprint density at radius 2 is 1.53 bits per heavy atom. The van der Waals surface area contributed by atoms with Gasteiger partial charge in [0.15, 0.2) is 0 Å². The van der Waals surface area contributed by atoms with Crippen LogP contribution in [0, 0.1) is 0 Å². The first-order valence-corrected chi connectivity index (χ1v) is 6.30. The van der Waals surface area contributed by atoms with Gasteiger partial charge in [-0.1, -0.05) is 12.1 Å². The van der Waals surface area contributed by atoms with E-state index in [2.05, 4.69) is 21.9 Å². The van der Waals surface area contributed by atoms with Gasteiger partial charge in [-0.2, -0.15) is 0 Å². The second-order valence-corrected chi connectivity index (χ2v) is 4.45. The molecule has 4 nitrogen and oxygen atoms in total. The molecule has 0 spiro atoms. The molecule has 3 rings (SSSR count). The highest BCUT2D eigenvalue weighted by Gasteiger charge is 2.20. The summed E-state index contributed by atoms with van der Waals surface area (Å²) in [6, 6.07) is 11.8. The van der Waals surface area contributed by atoms with Gasteiger partial charge in [0.25, 0.3) is 0 Å². The number of pyridine rings is 2. The molecule has 0 bridgehead atoms. The Balaban J connectivity index is 2.07. The standard InChI is InChI=1S/C15H14N4/c1-11-10-18-14(12-6-2-4-8-16-12)15(19-11)13-7-3-5-9-17-13/h2-9,11H,10H2,1H3/t11-/m1/s1. The van der Waals surface area contributed by atoms with E-state index in [4.69, 9.17) is 4.99 Å². The predicted octanol–water partition coefficient (Wildman–Crippen LogP) is 2.16. The number of rotatable bonds is 2. The van der Waals surface area contributed by atoms with E-state index in [-0.39, 0.29) is 6.04 Å². The van der Waals surface area contributed by atoms with Gasteiger partial charge in [-0.3, -0.25) is 20.0 Å². The van der Waals surface area contributed by atoms with Crippen LogP contribution in [-0.2, 0) is 0 Å². The van der Waals surface area contributed by atoms with Crippen molar-refractivity contribution in [3.63, 3.8) is 0 Å². The Hall–Kier alpha value is -2.36. The van der Waals surface area contributed by atoms with E-state index in [0.717, 1.165) is 22.8 Å². The minimum Gasteiger partial charge on any atom is -0.279 e. The van der Waals surface area contributed by atoms with Crippen LogP contribution < -0.4 is 0 Å². The number of hydrogen-bond donors (Lipinski definition) is 0. The number of hydrogen-bond acceptors (Lipinski definition) is 4. The molecule has 0 fully saturated rings. The third-order valence-corrected chi connectivity index (χ3v) is 2.90. The Morgan fingerprint density at radius 1 is 0.895 bits per heavy atom.